The van der Waals surface area contributed by atoms with Crippen LogP contribution in [0.3, 0.4) is 0 Å². The number of ether oxygens (including phenoxy) is 1. The minimum Gasteiger partial charge on any atom is -0.376 e. The summed E-state index contributed by atoms with van der Waals surface area (Å²) < 4.78 is 32.6. The van der Waals surface area contributed by atoms with Gasteiger partial charge in [-0.3, -0.25) is 4.72 Å². The Hall–Kier alpha value is -1.83. The highest BCUT2D eigenvalue weighted by atomic mass is 35.5. The molecule has 1 aromatic heterocycles. The first kappa shape index (κ1) is 17.0. The first-order chi connectivity index (χ1) is 11.5. The van der Waals surface area contributed by atoms with Gasteiger partial charge in [0.1, 0.15) is 5.82 Å². The lowest BCUT2D eigenvalue weighted by Gasteiger charge is -2.12. The third-order valence-corrected chi connectivity index (χ3v) is 5.27. The second kappa shape index (κ2) is 7.38. The van der Waals surface area contributed by atoms with E-state index in [1.807, 2.05) is 0 Å². The van der Waals surface area contributed by atoms with E-state index < -0.39 is 10.0 Å². The van der Waals surface area contributed by atoms with Crippen LogP contribution in [-0.4, -0.2) is 32.7 Å². The van der Waals surface area contributed by atoms with Gasteiger partial charge in [-0.15, -0.1) is 0 Å². The molecule has 0 radical (unpaired) electrons. The topological polar surface area (TPSA) is 80.3 Å². The molecule has 1 aliphatic rings. The van der Waals surface area contributed by atoms with Gasteiger partial charge in [-0.2, -0.15) is 0 Å². The van der Waals surface area contributed by atoms with Crippen molar-refractivity contribution in [3.05, 3.63) is 47.6 Å². The molecule has 6 nitrogen and oxygen atoms in total. The number of benzene rings is 1. The Morgan fingerprint density at radius 1 is 1.29 bits per heavy atom. The van der Waals surface area contributed by atoms with E-state index >= 15 is 0 Å². The largest absolute Gasteiger partial charge is 0.376 e. The van der Waals surface area contributed by atoms with Crippen LogP contribution in [0.25, 0.3) is 0 Å². The maximum absolute atomic E-state index is 12.3. The summed E-state index contributed by atoms with van der Waals surface area (Å²) in [5.74, 6) is 0.677. The number of sulfonamides is 1. The third-order valence-electron chi connectivity index (χ3n) is 3.66. The van der Waals surface area contributed by atoms with Crippen molar-refractivity contribution in [3.8, 4) is 0 Å². The van der Waals surface area contributed by atoms with Gasteiger partial charge in [-0.05, 0) is 43.2 Å². The van der Waals surface area contributed by atoms with E-state index in [1.54, 1.807) is 24.3 Å². The van der Waals surface area contributed by atoms with Gasteiger partial charge in [0.05, 0.1) is 22.9 Å². The molecular weight excluding hydrogens is 350 g/mol. The Kier molecular flexibility index (Phi) is 5.23. The first-order valence-electron chi connectivity index (χ1n) is 7.63. The van der Waals surface area contributed by atoms with E-state index in [0.29, 0.717) is 23.1 Å². The van der Waals surface area contributed by atoms with Crippen LogP contribution in [0.5, 0.6) is 0 Å². The molecule has 3 rings (SSSR count). The van der Waals surface area contributed by atoms with Crippen LogP contribution in [0.15, 0.2) is 47.5 Å². The van der Waals surface area contributed by atoms with Crippen molar-refractivity contribution in [2.24, 2.45) is 0 Å². The van der Waals surface area contributed by atoms with Gasteiger partial charge in [0.2, 0.25) is 0 Å². The van der Waals surface area contributed by atoms with Crippen LogP contribution >= 0.6 is 11.6 Å². The highest BCUT2D eigenvalue weighted by Gasteiger charge is 2.16. The Morgan fingerprint density at radius 3 is 2.83 bits per heavy atom. The fourth-order valence-electron chi connectivity index (χ4n) is 2.43. The molecule has 2 N–H and O–H groups in total. The predicted octanol–water partition coefficient (Wildman–Crippen LogP) is 3.13. The van der Waals surface area contributed by atoms with Crippen LogP contribution in [-0.2, 0) is 14.8 Å². The summed E-state index contributed by atoms with van der Waals surface area (Å²) in [6, 6.07) is 9.48. The molecule has 2 heterocycles. The number of hydrogen-bond donors (Lipinski definition) is 2. The minimum atomic E-state index is -3.69. The van der Waals surface area contributed by atoms with Crippen molar-refractivity contribution >= 4 is 33.1 Å². The summed E-state index contributed by atoms with van der Waals surface area (Å²) in [5.41, 5.74) is 0.387. The standard InChI is InChI=1S/C16H18ClN3O3S/c17-12-3-1-5-15(9-12)24(21,22)20-13-6-7-16(18-10-13)19-11-14-4-2-8-23-14/h1,3,5-7,9-10,14,20H,2,4,8,11H2,(H,18,19). The van der Waals surface area contributed by atoms with Crippen molar-refractivity contribution in [3.63, 3.8) is 0 Å². The average Bonchev–Trinajstić information content (AvgIpc) is 3.07. The summed E-state index contributed by atoms with van der Waals surface area (Å²) >= 11 is 5.84. The van der Waals surface area contributed by atoms with E-state index in [2.05, 4.69) is 15.0 Å². The molecule has 0 spiro atoms. The lowest BCUT2D eigenvalue weighted by atomic mass is 10.2. The molecule has 1 saturated heterocycles. The molecule has 1 fully saturated rings. The lowest BCUT2D eigenvalue weighted by Crippen LogP contribution is -2.19. The number of anilines is 2. The molecular formula is C16H18ClN3O3S. The second-order valence-electron chi connectivity index (χ2n) is 5.51. The van der Waals surface area contributed by atoms with Gasteiger partial charge in [-0.25, -0.2) is 13.4 Å². The minimum absolute atomic E-state index is 0.107. The SMILES string of the molecule is O=S(=O)(Nc1ccc(NCC2CCCO2)nc1)c1cccc(Cl)c1. The van der Waals surface area contributed by atoms with Crippen molar-refractivity contribution in [2.75, 3.05) is 23.2 Å². The summed E-state index contributed by atoms with van der Waals surface area (Å²) in [6.07, 6.45) is 3.82. The Labute approximate surface area is 146 Å². The van der Waals surface area contributed by atoms with Crippen LogP contribution < -0.4 is 10.0 Å². The highest BCUT2D eigenvalue weighted by Crippen LogP contribution is 2.20. The number of rotatable bonds is 6. The summed E-state index contributed by atoms with van der Waals surface area (Å²) in [6.45, 7) is 1.50. The van der Waals surface area contributed by atoms with Crippen LogP contribution in [0, 0.1) is 0 Å². The Morgan fingerprint density at radius 2 is 2.17 bits per heavy atom. The number of halogens is 1. The van der Waals surface area contributed by atoms with Gasteiger partial charge < -0.3 is 10.1 Å². The zero-order chi connectivity index (χ0) is 17.0. The van der Waals surface area contributed by atoms with Gasteiger partial charge >= 0.3 is 0 Å². The Bertz CT molecular complexity index is 790. The molecule has 0 bridgehead atoms. The molecule has 2 aromatic rings. The molecule has 1 aromatic carbocycles. The smallest absolute Gasteiger partial charge is 0.261 e. The monoisotopic (exact) mass is 367 g/mol. The first-order valence-corrected chi connectivity index (χ1v) is 9.49. The van der Waals surface area contributed by atoms with Crippen LogP contribution in [0.2, 0.25) is 5.02 Å². The number of aromatic nitrogens is 1. The molecule has 24 heavy (non-hydrogen) atoms. The van der Waals surface area contributed by atoms with Gasteiger partial charge in [-0.1, -0.05) is 17.7 Å². The quantitative estimate of drug-likeness (QED) is 0.819. The molecule has 8 heteroatoms. The zero-order valence-corrected chi connectivity index (χ0v) is 14.5. The maximum atomic E-state index is 12.3. The molecule has 128 valence electrons. The van der Waals surface area contributed by atoms with Gasteiger partial charge in [0.25, 0.3) is 10.0 Å². The number of nitrogens with zero attached hydrogens (tertiary/aromatic N) is 1. The molecule has 0 aliphatic carbocycles. The second-order valence-corrected chi connectivity index (χ2v) is 7.63. The van der Waals surface area contributed by atoms with Crippen molar-refractivity contribution in [1.82, 2.24) is 4.98 Å². The average molecular weight is 368 g/mol. The molecule has 1 atom stereocenters. The predicted molar refractivity (Wildman–Crippen MR) is 94.0 cm³/mol. The van der Waals surface area contributed by atoms with E-state index in [-0.39, 0.29) is 11.0 Å². The molecule has 1 aliphatic heterocycles. The fourth-order valence-corrected chi connectivity index (χ4v) is 3.77. The summed E-state index contributed by atoms with van der Waals surface area (Å²) in [5, 5.41) is 3.55. The van der Waals surface area contributed by atoms with E-state index in [4.69, 9.17) is 16.3 Å². The van der Waals surface area contributed by atoms with Crippen LogP contribution in [0.1, 0.15) is 12.8 Å². The molecule has 1 unspecified atom stereocenters. The molecule has 0 amide bonds. The maximum Gasteiger partial charge on any atom is 0.261 e. The van der Waals surface area contributed by atoms with Gasteiger partial charge in [0, 0.05) is 18.2 Å². The number of hydrogen-bond acceptors (Lipinski definition) is 5. The van der Waals surface area contributed by atoms with Crippen molar-refractivity contribution in [1.29, 1.82) is 0 Å². The third kappa shape index (κ3) is 4.37. The lowest BCUT2D eigenvalue weighted by molar-refractivity contribution is 0.120. The fraction of sp³-hybridized carbons (Fsp3) is 0.312. The van der Waals surface area contributed by atoms with Gasteiger partial charge in [0.15, 0.2) is 0 Å². The summed E-state index contributed by atoms with van der Waals surface area (Å²) in [4.78, 5) is 4.32. The van der Waals surface area contributed by atoms with E-state index in [0.717, 1.165) is 19.4 Å². The van der Waals surface area contributed by atoms with Crippen molar-refractivity contribution in [2.45, 2.75) is 23.8 Å². The van der Waals surface area contributed by atoms with Crippen molar-refractivity contribution < 1.29 is 13.2 Å². The number of pyridine rings is 1. The van der Waals surface area contributed by atoms with E-state index in [9.17, 15) is 8.42 Å². The molecule has 0 saturated carbocycles. The number of nitrogens with one attached hydrogen (secondary N) is 2. The highest BCUT2D eigenvalue weighted by molar-refractivity contribution is 7.92. The normalized spacial score (nSPS) is 17.6. The van der Waals surface area contributed by atoms with E-state index in [1.165, 1.54) is 18.3 Å². The Balaban J connectivity index is 1.63. The van der Waals surface area contributed by atoms with Crippen LogP contribution in [0.4, 0.5) is 11.5 Å². The summed E-state index contributed by atoms with van der Waals surface area (Å²) in [7, 11) is -3.69. The zero-order valence-electron chi connectivity index (χ0n) is 12.9.